The fourth-order valence-corrected chi connectivity index (χ4v) is 5.34. The van der Waals surface area contributed by atoms with Gasteiger partial charge in [0.15, 0.2) is 0 Å². The number of allylic oxidation sites excluding steroid dienone is 4. The Hall–Kier alpha value is 0.820. The van der Waals surface area contributed by atoms with E-state index in [0.29, 0.717) is 13.6 Å². The van der Waals surface area contributed by atoms with E-state index in [1.54, 1.807) is 0 Å². The summed E-state index contributed by atoms with van der Waals surface area (Å²) in [4.78, 5) is 0. The highest BCUT2D eigenvalue weighted by Crippen LogP contribution is 2.15. The minimum Gasteiger partial charge on any atom is -0.352 e. The summed E-state index contributed by atoms with van der Waals surface area (Å²) in [6, 6.07) is 0. The van der Waals surface area contributed by atoms with Gasteiger partial charge >= 0.3 is 0 Å². The van der Waals surface area contributed by atoms with Gasteiger partial charge in [-0.3, -0.25) is 0 Å². The molecule has 0 aliphatic heterocycles. The maximum atomic E-state index is 6.09. The molecule has 0 aromatic rings. The summed E-state index contributed by atoms with van der Waals surface area (Å²) in [5.41, 5.74) is 0. The molecule has 0 fully saturated rings. The van der Waals surface area contributed by atoms with E-state index >= 15 is 0 Å². The summed E-state index contributed by atoms with van der Waals surface area (Å²) in [6.45, 7) is 5.18. The summed E-state index contributed by atoms with van der Waals surface area (Å²) in [7, 11) is 0. The summed E-state index contributed by atoms with van der Waals surface area (Å²) in [6.07, 6.45) is 34.8. The number of hydrogen-bond donors (Lipinski definition) is 0. The molecule has 3 nitrogen and oxygen atoms in total. The Morgan fingerprint density at radius 3 is 1.30 bits per heavy atom. The summed E-state index contributed by atoms with van der Waals surface area (Å²) in [5, 5.41) is 0. The number of ether oxygens (including phenoxy) is 3. The molecule has 2 atom stereocenters. The van der Waals surface area contributed by atoms with Gasteiger partial charge in [0.1, 0.15) is 13.6 Å². The van der Waals surface area contributed by atoms with Gasteiger partial charge in [-0.2, -0.15) is 0 Å². The van der Waals surface area contributed by atoms with Crippen molar-refractivity contribution < 1.29 is 14.2 Å². The summed E-state index contributed by atoms with van der Waals surface area (Å²) < 4.78 is 20.5. The van der Waals surface area contributed by atoms with Gasteiger partial charge in [0, 0.05) is 0 Å². The van der Waals surface area contributed by atoms with E-state index in [1.807, 2.05) is 0 Å². The molecule has 37 heavy (non-hydrogen) atoms. The molecule has 220 valence electrons. The van der Waals surface area contributed by atoms with E-state index in [4.69, 9.17) is 14.2 Å². The molecule has 0 heterocycles. The Bertz CT molecular complexity index is 443. The average molecular weight is 747 g/mol. The molecule has 2 unspecified atom stereocenters. The van der Waals surface area contributed by atoms with E-state index < -0.39 is 0 Å². The molecule has 0 rings (SSSR count). The van der Waals surface area contributed by atoms with Gasteiger partial charge in [-0.1, -0.05) is 135 Å². The second kappa shape index (κ2) is 33.0. The smallest absolute Gasteiger partial charge is 0.149 e. The summed E-state index contributed by atoms with van der Waals surface area (Å²) in [5.74, 6) is 0. The van der Waals surface area contributed by atoms with Crippen LogP contribution in [0.5, 0.6) is 0 Å². The Balaban J connectivity index is 4.05. The molecule has 0 aliphatic carbocycles. The molecule has 0 saturated heterocycles. The van der Waals surface area contributed by atoms with E-state index in [0.717, 1.165) is 38.5 Å². The van der Waals surface area contributed by atoms with E-state index in [1.165, 1.54) is 98.7 Å². The van der Waals surface area contributed by atoms with Crippen LogP contribution in [0.2, 0.25) is 0 Å². The van der Waals surface area contributed by atoms with Gasteiger partial charge < -0.3 is 14.2 Å². The van der Waals surface area contributed by atoms with Crippen LogP contribution in [0.1, 0.15) is 142 Å². The highest BCUT2D eigenvalue weighted by molar-refractivity contribution is 14.1. The topological polar surface area (TPSA) is 27.7 Å². The number of unbranched alkanes of at least 4 members (excludes halogenated alkanes) is 10. The number of rotatable bonds is 30. The van der Waals surface area contributed by atoms with Crippen molar-refractivity contribution in [2.75, 3.05) is 22.4 Å². The van der Waals surface area contributed by atoms with Crippen molar-refractivity contribution in [3.8, 4) is 0 Å². The van der Waals surface area contributed by atoms with Gasteiger partial charge in [-0.05, 0) is 85.9 Å². The zero-order valence-electron chi connectivity index (χ0n) is 24.4. The number of alkyl halides is 2. The molecular weight excluding hydrogens is 686 g/mol. The lowest BCUT2D eigenvalue weighted by molar-refractivity contribution is -0.167. The van der Waals surface area contributed by atoms with Crippen LogP contribution in [0.25, 0.3) is 0 Å². The van der Waals surface area contributed by atoms with Gasteiger partial charge in [0.25, 0.3) is 0 Å². The maximum Gasteiger partial charge on any atom is 0.149 e. The monoisotopic (exact) mass is 746 g/mol. The molecule has 5 heteroatoms. The lowest BCUT2D eigenvalue weighted by Gasteiger charge is -2.19. The molecule has 0 aromatic carbocycles. The summed E-state index contributed by atoms with van der Waals surface area (Å²) >= 11 is 4.94. The minimum absolute atomic E-state index is 0.288. The third kappa shape index (κ3) is 29.6. The molecule has 0 spiro atoms. The van der Waals surface area contributed by atoms with Crippen LogP contribution in [-0.4, -0.2) is 34.6 Å². The highest BCUT2D eigenvalue weighted by Gasteiger charge is 2.10. The zero-order valence-corrected chi connectivity index (χ0v) is 28.7. The minimum atomic E-state index is 0.288. The zero-order chi connectivity index (χ0) is 27.1. The highest BCUT2D eigenvalue weighted by atomic mass is 127. The molecule has 0 bridgehead atoms. The second-order valence-electron chi connectivity index (χ2n) is 10.2. The lowest BCUT2D eigenvalue weighted by atomic mass is 10.1. The molecule has 0 saturated carbocycles. The third-order valence-electron chi connectivity index (χ3n) is 6.69. The maximum absolute atomic E-state index is 6.09. The van der Waals surface area contributed by atoms with Gasteiger partial charge in [0.05, 0.1) is 12.2 Å². The van der Waals surface area contributed by atoms with E-state index in [9.17, 15) is 0 Å². The van der Waals surface area contributed by atoms with Gasteiger partial charge in [-0.25, -0.2) is 0 Å². The van der Waals surface area contributed by atoms with Crippen LogP contribution < -0.4 is 0 Å². The molecular formula is C32H60I2O3. The number of halogens is 2. The number of hydrogen-bond acceptors (Lipinski definition) is 3. The van der Waals surface area contributed by atoms with Crippen LogP contribution in [0.4, 0.5) is 0 Å². The third-order valence-corrected chi connectivity index (χ3v) is 8.21. The molecule has 0 amide bonds. The predicted molar refractivity (Wildman–Crippen MR) is 180 cm³/mol. The first-order chi connectivity index (χ1) is 18.3. The lowest BCUT2D eigenvalue weighted by Crippen LogP contribution is -2.19. The molecule has 0 N–H and O–H groups in total. The van der Waals surface area contributed by atoms with Crippen LogP contribution in [-0.2, 0) is 14.2 Å². The first-order valence-corrected chi connectivity index (χ1v) is 18.6. The van der Waals surface area contributed by atoms with Crippen molar-refractivity contribution in [3.05, 3.63) is 24.3 Å². The van der Waals surface area contributed by atoms with Gasteiger partial charge in [0.2, 0.25) is 0 Å². The Kier molecular flexibility index (Phi) is 33.8. The van der Waals surface area contributed by atoms with Crippen molar-refractivity contribution >= 4 is 45.2 Å². The van der Waals surface area contributed by atoms with Gasteiger partial charge in [-0.15, -0.1) is 0 Å². The van der Waals surface area contributed by atoms with Crippen molar-refractivity contribution in [2.24, 2.45) is 0 Å². The van der Waals surface area contributed by atoms with Crippen molar-refractivity contribution in [3.63, 3.8) is 0 Å². The van der Waals surface area contributed by atoms with Crippen molar-refractivity contribution in [1.29, 1.82) is 0 Å². The molecule has 0 radical (unpaired) electrons. The molecule has 0 aliphatic rings. The van der Waals surface area contributed by atoms with E-state index in [-0.39, 0.29) is 12.2 Å². The fraction of sp³-hybridized carbons (Fsp3) is 0.875. The van der Waals surface area contributed by atoms with Crippen LogP contribution in [0.15, 0.2) is 24.3 Å². The molecule has 0 aromatic heterocycles. The predicted octanol–water partition coefficient (Wildman–Crippen LogP) is 11.5. The van der Waals surface area contributed by atoms with Crippen LogP contribution >= 0.6 is 45.2 Å². The Morgan fingerprint density at radius 2 is 0.892 bits per heavy atom. The first-order valence-electron chi connectivity index (χ1n) is 15.5. The van der Waals surface area contributed by atoms with Crippen molar-refractivity contribution in [1.82, 2.24) is 0 Å². The second-order valence-corrected chi connectivity index (χ2v) is 12.3. The standard InChI is InChI=1S/C32H60I2O3/c1-3-5-23-31(25-19-15-11-7-9-13-17-21-27-33)36-29-35-30-37-32(24-6-4-2)26-20-16-12-8-10-14-18-22-28-34/h11-12,15-16,31-32H,3-10,13-14,17-30H2,1-2H3. The van der Waals surface area contributed by atoms with E-state index in [2.05, 4.69) is 83.3 Å². The quantitative estimate of drug-likeness (QED) is 0.0241. The van der Waals surface area contributed by atoms with Crippen LogP contribution in [0.3, 0.4) is 0 Å². The van der Waals surface area contributed by atoms with Crippen LogP contribution in [0, 0.1) is 0 Å². The average Bonchev–Trinajstić information content (AvgIpc) is 2.91. The Labute approximate surface area is 259 Å². The van der Waals surface area contributed by atoms with Crippen molar-refractivity contribution in [2.45, 2.75) is 154 Å². The SMILES string of the molecule is CCCCC(CCC=CCCCCCCI)OCOCOC(CCC=CCCCCCCI)CCCC. The largest absolute Gasteiger partial charge is 0.352 e. The normalized spacial score (nSPS) is 13.7. The Morgan fingerprint density at radius 1 is 0.486 bits per heavy atom. The first kappa shape index (κ1) is 37.8. The fourth-order valence-electron chi connectivity index (χ4n) is 4.26.